The Kier molecular flexibility index (Phi) is 3.15. The summed E-state index contributed by atoms with van der Waals surface area (Å²) < 4.78 is 12.6. The minimum atomic E-state index is -0.613. The molecule has 3 saturated carbocycles. The molecule has 0 aromatic rings. The van der Waals surface area contributed by atoms with Crippen LogP contribution in [-0.2, 0) is 14.3 Å². The van der Waals surface area contributed by atoms with Crippen molar-refractivity contribution < 1.29 is 14.3 Å². The van der Waals surface area contributed by atoms with E-state index in [1.165, 1.54) is 25.7 Å². The molecule has 4 rings (SSSR count). The minimum Gasteiger partial charge on any atom is -0.432 e. The molecule has 3 heteroatoms. The molecule has 1 saturated heterocycles. The molecule has 4 aliphatic rings. The molecular formula is C18H28O3. The third-order valence-corrected chi connectivity index (χ3v) is 6.72. The molecule has 1 aliphatic heterocycles. The average Bonchev–Trinajstić information content (AvgIpc) is 2.79. The Hall–Kier alpha value is -0.570. The maximum Gasteiger partial charge on any atom is 0.314 e. The fourth-order valence-electron chi connectivity index (χ4n) is 5.72. The van der Waals surface area contributed by atoms with Crippen LogP contribution in [0.5, 0.6) is 0 Å². The summed E-state index contributed by atoms with van der Waals surface area (Å²) in [6, 6.07) is 0. The van der Waals surface area contributed by atoms with Gasteiger partial charge in [-0.3, -0.25) is 4.79 Å². The summed E-state index contributed by atoms with van der Waals surface area (Å²) in [6.45, 7) is 6.75. The second kappa shape index (κ2) is 4.71. The summed E-state index contributed by atoms with van der Waals surface area (Å²) in [6.07, 6.45) is 7.10. The standard InChI is InChI=1S/C18H28O3/c1-10(2)14-8-7-11(3)9-18(14)20-16-13-6-4-5-12(13)15(16)17(19)21-18/h10-16H,4-9H2,1-3H3/t11-,12-,13-,14+,15-,16+,18+/m1/s1. The van der Waals surface area contributed by atoms with Crippen LogP contribution < -0.4 is 0 Å². The van der Waals surface area contributed by atoms with Crippen LogP contribution in [0.2, 0.25) is 0 Å². The van der Waals surface area contributed by atoms with Gasteiger partial charge in [0.2, 0.25) is 5.79 Å². The van der Waals surface area contributed by atoms with Crippen LogP contribution in [0.15, 0.2) is 0 Å². The van der Waals surface area contributed by atoms with Crippen molar-refractivity contribution in [2.75, 3.05) is 0 Å². The Labute approximate surface area is 127 Å². The Bertz CT molecular complexity index is 446. The van der Waals surface area contributed by atoms with E-state index in [-0.39, 0.29) is 18.0 Å². The molecule has 0 aromatic carbocycles. The number of hydrogen-bond acceptors (Lipinski definition) is 3. The number of ether oxygens (including phenoxy) is 2. The molecule has 118 valence electrons. The summed E-state index contributed by atoms with van der Waals surface area (Å²) in [5.41, 5.74) is 0. The molecule has 7 atom stereocenters. The lowest BCUT2D eigenvalue weighted by Gasteiger charge is -2.58. The van der Waals surface area contributed by atoms with Gasteiger partial charge in [-0.2, -0.15) is 0 Å². The normalized spacial score (nSPS) is 52.3. The number of esters is 1. The summed E-state index contributed by atoms with van der Waals surface area (Å²) in [7, 11) is 0. The van der Waals surface area contributed by atoms with Gasteiger partial charge in [0.15, 0.2) is 0 Å². The second-order valence-corrected chi connectivity index (χ2v) is 8.34. The van der Waals surface area contributed by atoms with Gasteiger partial charge in [-0.1, -0.05) is 27.2 Å². The summed E-state index contributed by atoms with van der Waals surface area (Å²) in [5, 5.41) is 0. The predicted octanol–water partition coefficient (Wildman–Crippen LogP) is 3.76. The largest absolute Gasteiger partial charge is 0.432 e. The Morgan fingerprint density at radius 1 is 1.14 bits per heavy atom. The molecule has 1 heterocycles. The van der Waals surface area contributed by atoms with E-state index in [0.29, 0.717) is 29.6 Å². The highest BCUT2D eigenvalue weighted by atomic mass is 16.7. The molecule has 0 unspecified atom stereocenters. The van der Waals surface area contributed by atoms with Crippen LogP contribution >= 0.6 is 0 Å². The highest BCUT2D eigenvalue weighted by Gasteiger charge is 2.65. The molecule has 4 fully saturated rings. The third-order valence-electron chi connectivity index (χ3n) is 6.72. The molecule has 0 amide bonds. The van der Waals surface area contributed by atoms with Gasteiger partial charge in [0.1, 0.15) is 0 Å². The lowest BCUT2D eigenvalue weighted by molar-refractivity contribution is -0.359. The van der Waals surface area contributed by atoms with E-state index in [9.17, 15) is 4.79 Å². The molecular weight excluding hydrogens is 264 g/mol. The van der Waals surface area contributed by atoms with Crippen LogP contribution in [0.1, 0.15) is 59.3 Å². The van der Waals surface area contributed by atoms with Crippen molar-refractivity contribution in [3.05, 3.63) is 0 Å². The van der Waals surface area contributed by atoms with E-state index in [2.05, 4.69) is 20.8 Å². The van der Waals surface area contributed by atoms with Gasteiger partial charge in [0.05, 0.1) is 12.0 Å². The quantitative estimate of drug-likeness (QED) is 0.690. The highest BCUT2D eigenvalue weighted by molar-refractivity contribution is 5.76. The first-order valence-corrected chi connectivity index (χ1v) is 8.92. The molecule has 0 N–H and O–H groups in total. The van der Waals surface area contributed by atoms with Crippen molar-refractivity contribution in [2.45, 2.75) is 71.2 Å². The number of carbonyl (C=O) groups is 1. The summed E-state index contributed by atoms with van der Waals surface area (Å²) in [4.78, 5) is 12.6. The smallest absolute Gasteiger partial charge is 0.314 e. The molecule has 0 bridgehead atoms. The van der Waals surface area contributed by atoms with E-state index in [1.807, 2.05) is 0 Å². The molecule has 1 spiro atoms. The minimum absolute atomic E-state index is 0.0492. The number of fused-ring (bicyclic) bond motifs is 4. The maximum absolute atomic E-state index is 12.6. The lowest BCUT2D eigenvalue weighted by Crippen LogP contribution is -2.66. The molecule has 3 aliphatic carbocycles. The zero-order valence-electron chi connectivity index (χ0n) is 13.5. The zero-order chi connectivity index (χ0) is 14.8. The van der Waals surface area contributed by atoms with Gasteiger partial charge < -0.3 is 9.47 Å². The molecule has 21 heavy (non-hydrogen) atoms. The molecule has 0 aromatic heterocycles. The van der Waals surface area contributed by atoms with Crippen LogP contribution in [0, 0.1) is 35.5 Å². The fraction of sp³-hybridized carbons (Fsp3) is 0.944. The topological polar surface area (TPSA) is 35.5 Å². The summed E-state index contributed by atoms with van der Waals surface area (Å²) >= 11 is 0. The van der Waals surface area contributed by atoms with Crippen LogP contribution in [-0.4, -0.2) is 17.9 Å². The van der Waals surface area contributed by atoms with Crippen molar-refractivity contribution in [3.63, 3.8) is 0 Å². The highest BCUT2D eigenvalue weighted by Crippen LogP contribution is 2.59. The molecule has 3 nitrogen and oxygen atoms in total. The van der Waals surface area contributed by atoms with Gasteiger partial charge in [-0.05, 0) is 49.4 Å². The fourth-order valence-corrected chi connectivity index (χ4v) is 5.72. The summed E-state index contributed by atoms with van der Waals surface area (Å²) in [5.74, 6) is 2.12. The van der Waals surface area contributed by atoms with Crippen molar-refractivity contribution in [2.24, 2.45) is 35.5 Å². The van der Waals surface area contributed by atoms with Crippen molar-refractivity contribution in [1.29, 1.82) is 0 Å². The van der Waals surface area contributed by atoms with Gasteiger partial charge in [0, 0.05) is 12.3 Å². The van der Waals surface area contributed by atoms with Crippen molar-refractivity contribution >= 4 is 5.97 Å². The van der Waals surface area contributed by atoms with Crippen molar-refractivity contribution in [1.82, 2.24) is 0 Å². The van der Waals surface area contributed by atoms with Crippen LogP contribution in [0.3, 0.4) is 0 Å². The van der Waals surface area contributed by atoms with E-state index in [1.54, 1.807) is 0 Å². The van der Waals surface area contributed by atoms with E-state index in [4.69, 9.17) is 9.47 Å². The van der Waals surface area contributed by atoms with E-state index < -0.39 is 5.79 Å². The first-order valence-electron chi connectivity index (χ1n) is 8.92. The average molecular weight is 292 g/mol. The van der Waals surface area contributed by atoms with E-state index in [0.717, 1.165) is 12.8 Å². The van der Waals surface area contributed by atoms with Crippen LogP contribution in [0.4, 0.5) is 0 Å². The number of rotatable bonds is 1. The lowest BCUT2D eigenvalue weighted by atomic mass is 9.62. The zero-order valence-corrected chi connectivity index (χ0v) is 13.5. The predicted molar refractivity (Wildman–Crippen MR) is 79.4 cm³/mol. The second-order valence-electron chi connectivity index (χ2n) is 8.34. The monoisotopic (exact) mass is 292 g/mol. The Morgan fingerprint density at radius 3 is 2.67 bits per heavy atom. The van der Waals surface area contributed by atoms with Crippen LogP contribution in [0.25, 0.3) is 0 Å². The van der Waals surface area contributed by atoms with Gasteiger partial charge in [0.25, 0.3) is 0 Å². The first-order chi connectivity index (χ1) is 10.0. The molecule has 0 radical (unpaired) electrons. The Balaban J connectivity index is 1.63. The number of carbonyl (C=O) groups excluding carboxylic acids is 1. The van der Waals surface area contributed by atoms with Gasteiger partial charge in [-0.25, -0.2) is 0 Å². The van der Waals surface area contributed by atoms with Gasteiger partial charge in [-0.15, -0.1) is 0 Å². The van der Waals surface area contributed by atoms with Crippen molar-refractivity contribution in [3.8, 4) is 0 Å². The Morgan fingerprint density at radius 2 is 1.90 bits per heavy atom. The van der Waals surface area contributed by atoms with Gasteiger partial charge >= 0.3 is 5.97 Å². The SMILES string of the molecule is CC(C)[C@@H]1CC[C@@H](C)C[C@]12OC(=O)[C@@H]1[C@@H]3CCC[C@H]3[C@@H]1O2. The first kappa shape index (κ1) is 14.0. The third kappa shape index (κ3) is 1.92. The maximum atomic E-state index is 12.6. The van der Waals surface area contributed by atoms with E-state index >= 15 is 0 Å². The number of hydrogen-bond donors (Lipinski definition) is 0.